The number of carbonyl (C=O) groups is 1. The molecule has 1 aromatic carbocycles. The number of alkyl halides is 3. The highest BCUT2D eigenvalue weighted by Crippen LogP contribution is 2.32. The lowest BCUT2D eigenvalue weighted by Crippen LogP contribution is -2.26. The van der Waals surface area contributed by atoms with Crippen LogP contribution >= 0.6 is 11.8 Å². The van der Waals surface area contributed by atoms with Gasteiger partial charge in [-0.25, -0.2) is 4.39 Å². The van der Waals surface area contributed by atoms with E-state index >= 15 is 0 Å². The number of benzene rings is 1. The summed E-state index contributed by atoms with van der Waals surface area (Å²) in [5.74, 6) is -1.32. The van der Waals surface area contributed by atoms with E-state index in [1.807, 2.05) is 6.26 Å². The van der Waals surface area contributed by atoms with Crippen LogP contribution in [0.1, 0.15) is 35.2 Å². The molecule has 0 radical (unpaired) electrons. The maximum Gasteiger partial charge on any atom is 0.419 e. The molecule has 7 heteroatoms. The molecule has 1 amide bonds. The lowest BCUT2D eigenvalue weighted by Gasteiger charge is -2.11. The summed E-state index contributed by atoms with van der Waals surface area (Å²) >= 11 is 1.73. The maximum atomic E-state index is 13.7. The second-order valence-electron chi connectivity index (χ2n) is 4.47. The van der Waals surface area contributed by atoms with Crippen molar-refractivity contribution in [1.29, 1.82) is 0 Å². The number of amides is 1. The Morgan fingerprint density at radius 3 is 2.57 bits per heavy atom. The van der Waals surface area contributed by atoms with Crippen LogP contribution in [-0.2, 0) is 6.18 Å². The first-order chi connectivity index (χ1) is 9.88. The SMILES string of the molecule is CSCCCCCNC(=O)c1cccc(C(F)(F)F)c1F. The van der Waals surface area contributed by atoms with E-state index in [1.165, 1.54) is 0 Å². The fourth-order valence-corrected chi connectivity index (χ4v) is 2.26. The van der Waals surface area contributed by atoms with Crippen LogP contribution in [0.5, 0.6) is 0 Å². The van der Waals surface area contributed by atoms with Gasteiger partial charge in [0, 0.05) is 6.54 Å². The lowest BCUT2D eigenvalue weighted by molar-refractivity contribution is -0.140. The largest absolute Gasteiger partial charge is 0.419 e. The van der Waals surface area contributed by atoms with Crippen molar-refractivity contribution in [2.75, 3.05) is 18.6 Å². The fraction of sp³-hybridized carbons (Fsp3) is 0.500. The zero-order valence-corrected chi connectivity index (χ0v) is 12.4. The highest BCUT2D eigenvalue weighted by atomic mass is 32.2. The summed E-state index contributed by atoms with van der Waals surface area (Å²) < 4.78 is 51.3. The van der Waals surface area contributed by atoms with Crippen molar-refractivity contribution >= 4 is 17.7 Å². The molecule has 0 atom stereocenters. The van der Waals surface area contributed by atoms with Gasteiger partial charge in [0.1, 0.15) is 5.82 Å². The second kappa shape index (κ2) is 8.26. The van der Waals surface area contributed by atoms with Crippen LogP contribution in [0.25, 0.3) is 0 Å². The quantitative estimate of drug-likeness (QED) is 0.604. The standard InChI is InChI=1S/C14H17F4NOS/c1-21-9-4-2-3-8-19-13(20)10-6-5-7-11(12(10)15)14(16,17)18/h5-7H,2-4,8-9H2,1H3,(H,19,20). The molecule has 0 spiro atoms. The van der Waals surface area contributed by atoms with Gasteiger partial charge >= 0.3 is 6.18 Å². The third kappa shape index (κ3) is 5.57. The van der Waals surface area contributed by atoms with Gasteiger partial charge in [-0.2, -0.15) is 24.9 Å². The number of thioether (sulfide) groups is 1. The third-order valence-electron chi connectivity index (χ3n) is 2.86. The number of carbonyl (C=O) groups excluding carboxylic acids is 1. The van der Waals surface area contributed by atoms with E-state index < -0.39 is 29.0 Å². The van der Waals surface area contributed by atoms with Gasteiger partial charge in [-0.05, 0) is 37.0 Å². The van der Waals surface area contributed by atoms with E-state index in [-0.39, 0.29) is 0 Å². The van der Waals surface area contributed by atoms with Crippen LogP contribution in [0, 0.1) is 5.82 Å². The normalized spacial score (nSPS) is 11.5. The molecule has 0 saturated carbocycles. The molecule has 0 unspecified atom stereocenters. The molecule has 0 saturated heterocycles. The van der Waals surface area contributed by atoms with E-state index in [1.54, 1.807) is 11.8 Å². The van der Waals surface area contributed by atoms with Crippen molar-refractivity contribution in [3.05, 3.63) is 35.1 Å². The summed E-state index contributed by atoms with van der Waals surface area (Å²) in [5, 5.41) is 2.44. The van der Waals surface area contributed by atoms with Gasteiger partial charge in [0.25, 0.3) is 5.91 Å². The van der Waals surface area contributed by atoms with Gasteiger partial charge in [0.2, 0.25) is 0 Å². The molecule has 0 aliphatic rings. The molecule has 0 bridgehead atoms. The molecule has 0 heterocycles. The summed E-state index contributed by atoms with van der Waals surface area (Å²) in [6.45, 7) is 0.322. The van der Waals surface area contributed by atoms with Crippen molar-refractivity contribution < 1.29 is 22.4 Å². The Hall–Kier alpha value is -1.24. The van der Waals surface area contributed by atoms with Crippen molar-refractivity contribution in [2.45, 2.75) is 25.4 Å². The van der Waals surface area contributed by atoms with Gasteiger partial charge in [0.15, 0.2) is 0 Å². The first-order valence-electron chi connectivity index (χ1n) is 6.50. The minimum Gasteiger partial charge on any atom is -0.352 e. The number of hydrogen-bond donors (Lipinski definition) is 1. The third-order valence-corrected chi connectivity index (χ3v) is 3.56. The van der Waals surface area contributed by atoms with Gasteiger partial charge in [-0.1, -0.05) is 12.5 Å². The summed E-state index contributed by atoms with van der Waals surface area (Å²) in [5.41, 5.74) is -2.00. The van der Waals surface area contributed by atoms with Crippen molar-refractivity contribution in [1.82, 2.24) is 5.32 Å². The molecular formula is C14H17F4NOS. The number of rotatable bonds is 7. The molecule has 0 aliphatic heterocycles. The maximum absolute atomic E-state index is 13.7. The van der Waals surface area contributed by atoms with E-state index in [2.05, 4.69) is 5.32 Å². The number of hydrogen-bond acceptors (Lipinski definition) is 2. The molecular weight excluding hydrogens is 306 g/mol. The highest BCUT2D eigenvalue weighted by Gasteiger charge is 2.35. The second-order valence-corrected chi connectivity index (χ2v) is 5.46. The number of halogens is 4. The first kappa shape index (κ1) is 17.8. The van der Waals surface area contributed by atoms with E-state index in [9.17, 15) is 22.4 Å². The van der Waals surface area contributed by atoms with Gasteiger partial charge in [0.05, 0.1) is 11.1 Å². The van der Waals surface area contributed by atoms with E-state index in [4.69, 9.17) is 0 Å². The molecule has 118 valence electrons. The minimum absolute atomic E-state index is 0.322. The molecule has 0 aromatic heterocycles. The Labute approximate surface area is 125 Å². The average Bonchev–Trinajstić information content (AvgIpc) is 2.41. The highest BCUT2D eigenvalue weighted by molar-refractivity contribution is 7.98. The molecule has 21 heavy (non-hydrogen) atoms. The van der Waals surface area contributed by atoms with Gasteiger partial charge in [-0.3, -0.25) is 4.79 Å². The zero-order chi connectivity index (χ0) is 15.9. The summed E-state index contributed by atoms with van der Waals surface area (Å²) in [6, 6.07) is 2.70. The number of unbranched alkanes of at least 4 members (excludes halogenated alkanes) is 2. The van der Waals surface area contributed by atoms with E-state index in [0.29, 0.717) is 19.0 Å². The molecule has 0 aliphatic carbocycles. The van der Waals surface area contributed by atoms with E-state index in [0.717, 1.165) is 30.7 Å². The molecule has 1 N–H and O–H groups in total. The Morgan fingerprint density at radius 1 is 1.24 bits per heavy atom. The van der Waals surface area contributed by atoms with Crippen LogP contribution in [0.15, 0.2) is 18.2 Å². The average molecular weight is 323 g/mol. The van der Waals surface area contributed by atoms with Crippen LogP contribution in [0.4, 0.5) is 17.6 Å². The summed E-state index contributed by atoms with van der Waals surface area (Å²) in [4.78, 5) is 11.7. The Kier molecular flexibility index (Phi) is 7.01. The number of nitrogens with one attached hydrogen (secondary N) is 1. The minimum atomic E-state index is -4.81. The topological polar surface area (TPSA) is 29.1 Å². The van der Waals surface area contributed by atoms with Gasteiger partial charge < -0.3 is 5.32 Å². The monoisotopic (exact) mass is 323 g/mol. The fourth-order valence-electron chi connectivity index (χ4n) is 1.77. The molecule has 1 aromatic rings. The Bertz CT molecular complexity index is 477. The Balaban J connectivity index is 2.59. The van der Waals surface area contributed by atoms with Crippen LogP contribution in [0.3, 0.4) is 0 Å². The van der Waals surface area contributed by atoms with Crippen molar-refractivity contribution in [3.8, 4) is 0 Å². The predicted octanol–water partition coefficient (Wildman–Crippen LogP) is 4.11. The zero-order valence-electron chi connectivity index (χ0n) is 11.6. The Morgan fingerprint density at radius 2 is 1.95 bits per heavy atom. The molecule has 1 rings (SSSR count). The van der Waals surface area contributed by atoms with Gasteiger partial charge in [-0.15, -0.1) is 0 Å². The summed E-state index contributed by atoms with van der Waals surface area (Å²) in [6.07, 6.45) is -0.176. The van der Waals surface area contributed by atoms with Crippen molar-refractivity contribution in [3.63, 3.8) is 0 Å². The smallest absolute Gasteiger partial charge is 0.352 e. The van der Waals surface area contributed by atoms with Crippen LogP contribution in [-0.4, -0.2) is 24.5 Å². The van der Waals surface area contributed by atoms with Crippen LogP contribution < -0.4 is 5.32 Å². The van der Waals surface area contributed by atoms with Crippen LogP contribution in [0.2, 0.25) is 0 Å². The lowest BCUT2D eigenvalue weighted by atomic mass is 10.1. The van der Waals surface area contributed by atoms with Crippen molar-refractivity contribution in [2.24, 2.45) is 0 Å². The predicted molar refractivity (Wildman–Crippen MR) is 76.0 cm³/mol. The molecule has 2 nitrogen and oxygen atoms in total. The summed E-state index contributed by atoms with van der Waals surface area (Å²) in [7, 11) is 0. The first-order valence-corrected chi connectivity index (χ1v) is 7.90. The molecule has 0 fully saturated rings.